The molecular formula is C29H35N5O3. The van der Waals surface area contributed by atoms with Gasteiger partial charge in [-0.25, -0.2) is 4.98 Å². The van der Waals surface area contributed by atoms with E-state index in [9.17, 15) is 9.90 Å². The summed E-state index contributed by atoms with van der Waals surface area (Å²) in [5, 5.41) is 13.0. The smallest absolute Gasteiger partial charge is 0.278 e. The van der Waals surface area contributed by atoms with Crippen LogP contribution in [0.1, 0.15) is 40.3 Å². The average molecular weight is 502 g/mol. The molecule has 6 rings (SSSR count). The highest BCUT2D eigenvalue weighted by Crippen LogP contribution is 2.39. The number of ether oxygens (including phenoxy) is 1. The maximum absolute atomic E-state index is 13.4. The molecule has 0 saturated carbocycles. The number of amides is 1. The summed E-state index contributed by atoms with van der Waals surface area (Å²) in [6.45, 7) is 8.55. The monoisotopic (exact) mass is 501 g/mol. The number of fused-ring (bicyclic) bond motifs is 2. The zero-order chi connectivity index (χ0) is 25.4. The molecule has 1 atom stereocenters. The van der Waals surface area contributed by atoms with Gasteiger partial charge in [0.05, 0.1) is 19.3 Å². The van der Waals surface area contributed by atoms with E-state index < -0.39 is 0 Å². The molecule has 8 nitrogen and oxygen atoms in total. The molecule has 0 bridgehead atoms. The van der Waals surface area contributed by atoms with Gasteiger partial charge in [0.15, 0.2) is 0 Å². The second-order valence-corrected chi connectivity index (χ2v) is 10.3. The van der Waals surface area contributed by atoms with Crippen molar-refractivity contribution in [3.05, 3.63) is 65.2 Å². The average Bonchev–Trinajstić information content (AvgIpc) is 3.65. The Morgan fingerprint density at radius 2 is 2.03 bits per heavy atom. The van der Waals surface area contributed by atoms with Crippen LogP contribution < -0.4 is 15.0 Å². The van der Waals surface area contributed by atoms with Crippen molar-refractivity contribution < 1.29 is 14.6 Å². The van der Waals surface area contributed by atoms with E-state index in [-0.39, 0.29) is 12.0 Å². The lowest BCUT2D eigenvalue weighted by Gasteiger charge is -2.18. The Bertz CT molecular complexity index is 1280. The van der Waals surface area contributed by atoms with Crippen molar-refractivity contribution in [1.29, 1.82) is 0 Å². The number of carbonyl (C=O) groups excluding carboxylic acids is 1. The number of aromatic nitrogens is 2. The lowest BCUT2D eigenvalue weighted by atomic mass is 9.94. The fourth-order valence-corrected chi connectivity index (χ4v) is 5.88. The highest BCUT2D eigenvalue weighted by Gasteiger charge is 2.30. The van der Waals surface area contributed by atoms with Gasteiger partial charge >= 0.3 is 0 Å². The number of imidazole rings is 1. The fraction of sp³-hybridized carbons (Fsp3) is 0.448. The summed E-state index contributed by atoms with van der Waals surface area (Å²) >= 11 is 0. The van der Waals surface area contributed by atoms with Crippen molar-refractivity contribution in [3.8, 4) is 16.9 Å². The van der Waals surface area contributed by atoms with Crippen LogP contribution in [0.5, 0.6) is 5.75 Å². The van der Waals surface area contributed by atoms with Crippen LogP contribution in [0.3, 0.4) is 0 Å². The van der Waals surface area contributed by atoms with E-state index in [0.29, 0.717) is 25.4 Å². The van der Waals surface area contributed by atoms with Crippen molar-refractivity contribution in [2.75, 3.05) is 44.2 Å². The van der Waals surface area contributed by atoms with E-state index in [0.717, 1.165) is 85.9 Å². The van der Waals surface area contributed by atoms with Crippen LogP contribution in [-0.4, -0.2) is 70.9 Å². The third-order valence-corrected chi connectivity index (χ3v) is 7.86. The molecule has 1 fully saturated rings. The lowest BCUT2D eigenvalue weighted by molar-refractivity contribution is 0.0985. The minimum atomic E-state index is -0.180. The molecule has 8 heteroatoms. The zero-order valence-electron chi connectivity index (χ0n) is 21.4. The Morgan fingerprint density at radius 1 is 1.16 bits per heavy atom. The van der Waals surface area contributed by atoms with Crippen molar-refractivity contribution in [1.82, 2.24) is 19.8 Å². The minimum absolute atomic E-state index is 0.0304. The molecule has 3 aromatic rings. The number of rotatable bonds is 7. The zero-order valence-corrected chi connectivity index (χ0v) is 21.4. The molecule has 0 spiro atoms. The van der Waals surface area contributed by atoms with E-state index in [1.165, 1.54) is 5.56 Å². The molecule has 1 amide bonds. The molecule has 194 valence electrons. The number of anilines is 1. The fourth-order valence-electron chi connectivity index (χ4n) is 5.88. The van der Waals surface area contributed by atoms with Crippen LogP contribution in [-0.2, 0) is 19.5 Å². The van der Waals surface area contributed by atoms with Crippen molar-refractivity contribution >= 4 is 11.6 Å². The number of nitrogens with zero attached hydrogens (tertiary/aromatic N) is 4. The number of hydrogen-bond donors (Lipinski definition) is 2. The summed E-state index contributed by atoms with van der Waals surface area (Å²) < 4.78 is 8.28. The standard InChI is InChI=1S/C29H35N5O3/c1-20-22(5-3-8-27(20)37-16-4-12-32-13-9-21(35)18-32)23-6-2-7-26-24(23)10-14-34(26)29(36)25-19-33-15-11-30-17-28(33)31-25/h2-3,5-8,19,21,30,35H,4,9-18H2,1H3. The third kappa shape index (κ3) is 4.77. The second-order valence-electron chi connectivity index (χ2n) is 10.3. The predicted molar refractivity (Wildman–Crippen MR) is 143 cm³/mol. The van der Waals surface area contributed by atoms with Gasteiger partial charge in [-0.15, -0.1) is 0 Å². The summed E-state index contributed by atoms with van der Waals surface area (Å²) in [6.07, 6.45) is 4.34. The summed E-state index contributed by atoms with van der Waals surface area (Å²) in [4.78, 5) is 22.2. The van der Waals surface area contributed by atoms with Gasteiger partial charge in [0.1, 0.15) is 17.3 Å². The first kappa shape index (κ1) is 24.2. The Morgan fingerprint density at radius 3 is 2.86 bits per heavy atom. The highest BCUT2D eigenvalue weighted by atomic mass is 16.5. The Labute approximate surface area is 217 Å². The molecule has 1 aromatic heterocycles. The summed E-state index contributed by atoms with van der Waals surface area (Å²) in [5.74, 6) is 1.80. The first-order valence-corrected chi connectivity index (χ1v) is 13.4. The number of likely N-dealkylation sites (tertiary alicyclic amines) is 1. The van der Waals surface area contributed by atoms with E-state index in [1.807, 2.05) is 29.3 Å². The van der Waals surface area contributed by atoms with Crippen LogP contribution in [0.4, 0.5) is 5.69 Å². The summed E-state index contributed by atoms with van der Waals surface area (Å²) in [7, 11) is 0. The maximum atomic E-state index is 13.4. The number of aliphatic hydroxyl groups excluding tert-OH is 1. The Balaban J connectivity index is 1.18. The van der Waals surface area contributed by atoms with Crippen LogP contribution >= 0.6 is 0 Å². The number of carbonyl (C=O) groups is 1. The van der Waals surface area contributed by atoms with Gasteiger partial charge in [-0.1, -0.05) is 24.3 Å². The minimum Gasteiger partial charge on any atom is -0.493 e. The normalized spacial score (nSPS) is 19.2. The van der Waals surface area contributed by atoms with Gasteiger partial charge in [0, 0.05) is 51.2 Å². The van der Waals surface area contributed by atoms with Crippen LogP contribution in [0.2, 0.25) is 0 Å². The molecule has 3 aliphatic rings. The van der Waals surface area contributed by atoms with Crippen molar-refractivity contribution in [3.63, 3.8) is 0 Å². The van der Waals surface area contributed by atoms with Gasteiger partial charge < -0.3 is 29.5 Å². The van der Waals surface area contributed by atoms with Crippen LogP contribution in [0.15, 0.2) is 42.6 Å². The first-order chi connectivity index (χ1) is 18.1. The second kappa shape index (κ2) is 10.3. The molecule has 0 aliphatic carbocycles. The van der Waals surface area contributed by atoms with E-state index in [4.69, 9.17) is 4.74 Å². The lowest BCUT2D eigenvalue weighted by Crippen LogP contribution is -2.29. The molecule has 2 N–H and O–H groups in total. The Kier molecular flexibility index (Phi) is 6.71. The molecule has 1 unspecified atom stereocenters. The molecule has 1 saturated heterocycles. The summed E-state index contributed by atoms with van der Waals surface area (Å²) in [6, 6.07) is 12.5. The van der Waals surface area contributed by atoms with Gasteiger partial charge in [-0.2, -0.15) is 0 Å². The molecule has 4 heterocycles. The highest BCUT2D eigenvalue weighted by molar-refractivity contribution is 6.06. The predicted octanol–water partition coefficient (Wildman–Crippen LogP) is 3.00. The first-order valence-electron chi connectivity index (χ1n) is 13.4. The SMILES string of the molecule is Cc1c(OCCCN2CCC(O)C2)cccc1-c1cccc2c1CCN2C(=O)c1cn2c(n1)CNCC2. The molecule has 0 radical (unpaired) electrons. The van der Waals surface area contributed by atoms with Crippen LogP contribution in [0.25, 0.3) is 11.1 Å². The topological polar surface area (TPSA) is 82.9 Å². The van der Waals surface area contributed by atoms with Crippen molar-refractivity contribution in [2.45, 2.75) is 45.4 Å². The third-order valence-electron chi connectivity index (χ3n) is 7.86. The van der Waals surface area contributed by atoms with Crippen molar-refractivity contribution in [2.24, 2.45) is 0 Å². The molecular weight excluding hydrogens is 466 g/mol. The van der Waals surface area contributed by atoms with Gasteiger partial charge in [0.2, 0.25) is 0 Å². The number of β-amino-alcohol motifs (C(OH)–C–C–N with tert-alkyl or cyclic N) is 1. The Hall–Kier alpha value is -3.20. The van der Waals surface area contributed by atoms with E-state index >= 15 is 0 Å². The number of hydrogen-bond acceptors (Lipinski definition) is 6. The molecule has 3 aliphatic heterocycles. The summed E-state index contributed by atoms with van der Waals surface area (Å²) in [5.41, 5.74) is 6.13. The van der Waals surface area contributed by atoms with Crippen LogP contribution in [0, 0.1) is 6.92 Å². The van der Waals surface area contributed by atoms with Gasteiger partial charge in [-0.3, -0.25) is 4.79 Å². The maximum Gasteiger partial charge on any atom is 0.278 e. The largest absolute Gasteiger partial charge is 0.493 e. The van der Waals surface area contributed by atoms with E-state index in [1.54, 1.807) is 0 Å². The number of nitrogens with one attached hydrogen (secondary N) is 1. The molecule has 2 aromatic carbocycles. The van der Waals surface area contributed by atoms with E-state index in [2.05, 4.69) is 44.9 Å². The molecule has 37 heavy (non-hydrogen) atoms. The van der Waals surface area contributed by atoms with Gasteiger partial charge in [0.25, 0.3) is 5.91 Å². The number of aliphatic hydroxyl groups is 1. The van der Waals surface area contributed by atoms with Gasteiger partial charge in [-0.05, 0) is 60.6 Å². The quantitative estimate of drug-likeness (QED) is 0.485. The number of benzene rings is 2.